The largest absolute Gasteiger partial charge is 0.479 e. The Morgan fingerprint density at radius 2 is 2.06 bits per heavy atom. The van der Waals surface area contributed by atoms with Crippen molar-refractivity contribution in [2.75, 3.05) is 0 Å². The van der Waals surface area contributed by atoms with Crippen molar-refractivity contribution in [1.29, 1.82) is 0 Å². The van der Waals surface area contributed by atoms with Crippen LogP contribution in [0, 0.1) is 10.1 Å². The lowest BCUT2D eigenvalue weighted by Crippen LogP contribution is -2.16. The maximum atomic E-state index is 11.6. The van der Waals surface area contributed by atoms with E-state index in [1.165, 1.54) is 19.1 Å². The number of carboxylic acid groups (broad SMARTS) is 1. The summed E-state index contributed by atoms with van der Waals surface area (Å²) in [4.78, 5) is 32.3. The molecule has 96 valence electrons. The minimum atomic E-state index is -2.10. The molecule has 0 heterocycles. The monoisotopic (exact) mass is 253 g/mol. The van der Waals surface area contributed by atoms with Gasteiger partial charge in [0.2, 0.25) is 0 Å². The highest BCUT2D eigenvalue weighted by atomic mass is 16.6. The van der Waals surface area contributed by atoms with Gasteiger partial charge in [-0.3, -0.25) is 14.9 Å². The summed E-state index contributed by atoms with van der Waals surface area (Å²) in [5.74, 6) is -2.11. The van der Waals surface area contributed by atoms with E-state index >= 15 is 0 Å². The van der Waals surface area contributed by atoms with E-state index < -0.39 is 34.0 Å². The van der Waals surface area contributed by atoms with Gasteiger partial charge >= 0.3 is 5.97 Å². The van der Waals surface area contributed by atoms with Crippen molar-refractivity contribution in [3.8, 4) is 0 Å². The van der Waals surface area contributed by atoms with E-state index in [0.717, 1.165) is 6.07 Å². The lowest BCUT2D eigenvalue weighted by atomic mass is 9.96. The molecule has 0 aliphatic carbocycles. The van der Waals surface area contributed by atoms with Crippen LogP contribution >= 0.6 is 0 Å². The predicted molar refractivity (Wildman–Crippen MR) is 60.3 cm³/mol. The summed E-state index contributed by atoms with van der Waals surface area (Å²) in [6.45, 7) is 1.54. The summed E-state index contributed by atoms with van der Waals surface area (Å²) in [5.41, 5.74) is -1.19. The van der Waals surface area contributed by atoms with Crippen LogP contribution in [0.25, 0.3) is 0 Å². The number of hydrogen-bond donors (Lipinski definition) is 2. The molecule has 0 amide bonds. The average molecular weight is 253 g/mol. The van der Waals surface area contributed by atoms with Gasteiger partial charge in [-0.05, 0) is 0 Å². The summed E-state index contributed by atoms with van der Waals surface area (Å²) in [6, 6.07) is 3.59. The molecule has 1 aromatic rings. The van der Waals surface area contributed by atoms with Gasteiger partial charge in [-0.2, -0.15) is 0 Å². The Bertz CT molecular complexity index is 510. The van der Waals surface area contributed by atoms with Crippen LogP contribution in [0.4, 0.5) is 5.69 Å². The second-order valence-electron chi connectivity index (χ2n) is 3.51. The molecule has 0 fully saturated rings. The standard InChI is InChI=1S/C11H11NO6/c1-2-8(13)6-4-3-5-7(12(17)18)9(6)10(14)11(15)16/h3-5,10,14H,2H2,1H3,(H,15,16). The van der Waals surface area contributed by atoms with Gasteiger partial charge in [0.25, 0.3) is 5.69 Å². The number of Topliss-reactive ketones (excluding diaryl/α,β-unsaturated/α-hetero) is 1. The average Bonchev–Trinajstić information content (AvgIpc) is 2.35. The summed E-state index contributed by atoms with van der Waals surface area (Å²) in [7, 11) is 0. The first kappa shape index (κ1) is 13.8. The summed E-state index contributed by atoms with van der Waals surface area (Å²) >= 11 is 0. The number of nitrogens with zero attached hydrogens (tertiary/aromatic N) is 1. The van der Waals surface area contributed by atoms with Crippen LogP contribution in [-0.4, -0.2) is 26.9 Å². The first-order valence-corrected chi connectivity index (χ1v) is 5.11. The van der Waals surface area contributed by atoms with Crippen molar-refractivity contribution >= 4 is 17.4 Å². The van der Waals surface area contributed by atoms with Crippen molar-refractivity contribution in [3.63, 3.8) is 0 Å². The molecule has 2 N–H and O–H groups in total. The van der Waals surface area contributed by atoms with Gasteiger partial charge in [0.15, 0.2) is 11.9 Å². The Hall–Kier alpha value is -2.28. The third-order valence-corrected chi connectivity index (χ3v) is 2.41. The van der Waals surface area contributed by atoms with Crippen LogP contribution in [0.5, 0.6) is 0 Å². The number of aliphatic hydroxyl groups excluding tert-OH is 1. The van der Waals surface area contributed by atoms with Gasteiger partial charge in [0, 0.05) is 18.1 Å². The number of nitro benzene ring substituents is 1. The van der Waals surface area contributed by atoms with Crippen molar-refractivity contribution in [3.05, 3.63) is 39.4 Å². The van der Waals surface area contributed by atoms with Crippen LogP contribution in [-0.2, 0) is 4.79 Å². The SMILES string of the molecule is CCC(=O)c1cccc([N+](=O)[O-])c1C(O)C(=O)O. The molecule has 1 atom stereocenters. The summed E-state index contributed by atoms with van der Waals surface area (Å²) in [5, 5.41) is 29.0. The first-order valence-electron chi connectivity index (χ1n) is 5.11. The fourth-order valence-corrected chi connectivity index (χ4v) is 1.56. The lowest BCUT2D eigenvalue weighted by molar-refractivity contribution is -0.386. The van der Waals surface area contributed by atoms with Crippen molar-refractivity contribution < 1.29 is 24.7 Å². The minimum Gasteiger partial charge on any atom is -0.479 e. The van der Waals surface area contributed by atoms with E-state index in [4.69, 9.17) is 5.11 Å². The molecule has 1 rings (SSSR count). The number of nitro groups is 1. The normalized spacial score (nSPS) is 11.9. The van der Waals surface area contributed by atoms with Gasteiger partial charge in [-0.25, -0.2) is 4.79 Å². The molecule has 0 saturated heterocycles. The van der Waals surface area contributed by atoms with Crippen molar-refractivity contribution in [2.45, 2.75) is 19.4 Å². The smallest absolute Gasteiger partial charge is 0.337 e. The third-order valence-electron chi connectivity index (χ3n) is 2.41. The molecule has 0 bridgehead atoms. The zero-order valence-corrected chi connectivity index (χ0v) is 9.49. The van der Waals surface area contributed by atoms with E-state index in [2.05, 4.69) is 0 Å². The maximum absolute atomic E-state index is 11.6. The molecule has 0 spiro atoms. The molecular formula is C11H11NO6. The van der Waals surface area contributed by atoms with E-state index in [1.807, 2.05) is 0 Å². The predicted octanol–water partition coefficient (Wildman–Crippen LogP) is 1.31. The molecular weight excluding hydrogens is 242 g/mol. The van der Waals surface area contributed by atoms with Gasteiger partial charge in [-0.15, -0.1) is 0 Å². The lowest BCUT2D eigenvalue weighted by Gasteiger charge is -2.11. The number of carbonyl (C=O) groups excluding carboxylic acids is 1. The maximum Gasteiger partial charge on any atom is 0.337 e. The van der Waals surface area contributed by atoms with Gasteiger partial charge in [0.1, 0.15) is 0 Å². The van der Waals surface area contributed by atoms with Gasteiger partial charge in [-0.1, -0.05) is 19.1 Å². The molecule has 18 heavy (non-hydrogen) atoms. The topological polar surface area (TPSA) is 118 Å². The Kier molecular flexibility index (Phi) is 4.11. The second kappa shape index (κ2) is 5.37. The molecule has 1 aromatic carbocycles. The Balaban J connectivity index is 3.53. The van der Waals surface area contributed by atoms with Crippen molar-refractivity contribution in [2.24, 2.45) is 0 Å². The molecule has 0 aliphatic rings. The first-order chi connectivity index (χ1) is 8.40. The zero-order chi connectivity index (χ0) is 13.9. The molecule has 7 heteroatoms. The highest BCUT2D eigenvalue weighted by Gasteiger charge is 2.30. The summed E-state index contributed by atoms with van der Waals surface area (Å²) < 4.78 is 0. The van der Waals surface area contributed by atoms with Crippen LogP contribution in [0.15, 0.2) is 18.2 Å². The molecule has 0 aromatic heterocycles. The number of rotatable bonds is 5. The Morgan fingerprint density at radius 3 is 2.50 bits per heavy atom. The number of hydrogen-bond acceptors (Lipinski definition) is 5. The molecule has 0 radical (unpaired) electrons. The van der Waals surface area contributed by atoms with Crippen LogP contribution in [0.2, 0.25) is 0 Å². The van der Waals surface area contributed by atoms with E-state index in [-0.39, 0.29) is 12.0 Å². The van der Waals surface area contributed by atoms with Gasteiger partial charge < -0.3 is 10.2 Å². The summed E-state index contributed by atoms with van der Waals surface area (Å²) in [6.07, 6.45) is -2.04. The number of ketones is 1. The van der Waals surface area contributed by atoms with Crippen LogP contribution in [0.3, 0.4) is 0 Å². The number of carbonyl (C=O) groups is 2. The van der Waals surface area contributed by atoms with Gasteiger partial charge in [0.05, 0.1) is 10.5 Å². The molecule has 1 unspecified atom stereocenters. The minimum absolute atomic E-state index is 0.0561. The number of carboxylic acids is 1. The van der Waals surface area contributed by atoms with E-state index in [0.29, 0.717) is 0 Å². The molecule has 0 saturated carbocycles. The number of aliphatic carboxylic acids is 1. The highest BCUT2D eigenvalue weighted by molar-refractivity contribution is 5.99. The quantitative estimate of drug-likeness (QED) is 0.464. The Labute approximate surface area is 102 Å². The Morgan fingerprint density at radius 1 is 1.44 bits per heavy atom. The molecule has 7 nitrogen and oxygen atoms in total. The fourth-order valence-electron chi connectivity index (χ4n) is 1.56. The van der Waals surface area contributed by atoms with E-state index in [9.17, 15) is 24.8 Å². The van der Waals surface area contributed by atoms with Crippen LogP contribution in [0.1, 0.15) is 35.4 Å². The zero-order valence-electron chi connectivity index (χ0n) is 9.49. The second-order valence-corrected chi connectivity index (χ2v) is 3.51. The van der Waals surface area contributed by atoms with Crippen molar-refractivity contribution in [1.82, 2.24) is 0 Å². The number of aliphatic hydroxyl groups is 1. The molecule has 0 aliphatic heterocycles. The number of benzene rings is 1. The third kappa shape index (κ3) is 2.51. The van der Waals surface area contributed by atoms with E-state index in [1.54, 1.807) is 0 Å². The van der Waals surface area contributed by atoms with Crippen LogP contribution < -0.4 is 0 Å². The highest BCUT2D eigenvalue weighted by Crippen LogP contribution is 2.29. The fraction of sp³-hybridized carbons (Fsp3) is 0.273.